The first-order valence-electron chi connectivity index (χ1n) is 8.00. The van der Waals surface area contributed by atoms with Gasteiger partial charge < -0.3 is 4.74 Å². The molecule has 122 valence electrons. The molecular formula is C19H23ClN2O. The average molecular weight is 331 g/mol. The molecule has 1 atom stereocenters. The number of hydrogen-bond donors (Lipinski definition) is 0. The Morgan fingerprint density at radius 3 is 2.04 bits per heavy atom. The number of hydrogen-bond acceptors (Lipinski definition) is 3. The second kappa shape index (κ2) is 9.31. The second-order valence-corrected chi connectivity index (χ2v) is 5.99. The van der Waals surface area contributed by atoms with Crippen molar-refractivity contribution in [3.05, 3.63) is 54.1 Å². The molecule has 2 aromatic carbocycles. The summed E-state index contributed by atoms with van der Waals surface area (Å²) in [4.78, 5) is 0. The minimum atomic E-state index is 0.481. The zero-order chi connectivity index (χ0) is 16.5. The summed E-state index contributed by atoms with van der Waals surface area (Å²) in [5.74, 6) is 1.98. The van der Waals surface area contributed by atoms with Gasteiger partial charge in [-0.25, -0.2) is 0 Å². The van der Waals surface area contributed by atoms with Crippen molar-refractivity contribution in [3.8, 4) is 5.75 Å². The van der Waals surface area contributed by atoms with Gasteiger partial charge >= 0.3 is 0 Å². The van der Waals surface area contributed by atoms with Gasteiger partial charge in [-0.15, -0.1) is 11.6 Å². The molecule has 0 aliphatic carbocycles. The van der Waals surface area contributed by atoms with Crippen molar-refractivity contribution in [2.75, 3.05) is 12.5 Å². The molecule has 0 amide bonds. The van der Waals surface area contributed by atoms with Crippen LogP contribution in [0.3, 0.4) is 0 Å². The van der Waals surface area contributed by atoms with Crippen molar-refractivity contribution in [1.29, 1.82) is 0 Å². The summed E-state index contributed by atoms with van der Waals surface area (Å²) < 4.78 is 5.42. The molecule has 0 bridgehead atoms. The third-order valence-electron chi connectivity index (χ3n) is 3.68. The Morgan fingerprint density at radius 2 is 1.52 bits per heavy atom. The van der Waals surface area contributed by atoms with E-state index in [1.54, 1.807) is 0 Å². The van der Waals surface area contributed by atoms with E-state index in [0.717, 1.165) is 23.5 Å². The number of ether oxygens (including phenoxy) is 1. The van der Waals surface area contributed by atoms with Crippen molar-refractivity contribution in [3.63, 3.8) is 0 Å². The summed E-state index contributed by atoms with van der Waals surface area (Å²) in [5, 5.41) is 8.52. The van der Waals surface area contributed by atoms with Crippen molar-refractivity contribution in [2.24, 2.45) is 16.1 Å². The Kier molecular flexibility index (Phi) is 7.08. The molecule has 2 aromatic rings. The molecule has 0 aliphatic rings. The molecule has 23 heavy (non-hydrogen) atoms. The normalized spacial score (nSPS) is 12.5. The fourth-order valence-electron chi connectivity index (χ4n) is 2.13. The largest absolute Gasteiger partial charge is 0.492 e. The topological polar surface area (TPSA) is 34.0 Å². The van der Waals surface area contributed by atoms with Crippen LogP contribution in [-0.2, 0) is 6.42 Å². The molecule has 0 N–H and O–H groups in total. The molecule has 1 unspecified atom stereocenters. The monoisotopic (exact) mass is 330 g/mol. The van der Waals surface area contributed by atoms with E-state index in [-0.39, 0.29) is 0 Å². The van der Waals surface area contributed by atoms with Crippen LogP contribution in [-0.4, -0.2) is 12.5 Å². The first-order chi connectivity index (χ1) is 11.2. The number of rotatable bonds is 8. The summed E-state index contributed by atoms with van der Waals surface area (Å²) in [6, 6.07) is 15.8. The Morgan fingerprint density at radius 1 is 0.957 bits per heavy atom. The van der Waals surface area contributed by atoms with Crippen LogP contribution >= 0.6 is 11.6 Å². The molecule has 0 fully saturated rings. The van der Waals surface area contributed by atoms with E-state index >= 15 is 0 Å². The molecule has 0 radical (unpaired) electrons. The van der Waals surface area contributed by atoms with Crippen LogP contribution in [0.5, 0.6) is 5.75 Å². The van der Waals surface area contributed by atoms with Crippen LogP contribution in [0.4, 0.5) is 11.4 Å². The zero-order valence-electron chi connectivity index (χ0n) is 13.7. The van der Waals surface area contributed by atoms with E-state index in [9.17, 15) is 0 Å². The van der Waals surface area contributed by atoms with Gasteiger partial charge in [0.1, 0.15) is 12.4 Å². The lowest BCUT2D eigenvalue weighted by atomic mass is 9.99. The van der Waals surface area contributed by atoms with E-state index in [0.29, 0.717) is 18.4 Å². The Hall–Kier alpha value is -1.87. The third-order valence-corrected chi connectivity index (χ3v) is 3.84. The summed E-state index contributed by atoms with van der Waals surface area (Å²) in [6.07, 6.45) is 2.31. The molecule has 0 spiro atoms. The third kappa shape index (κ3) is 6.03. The van der Waals surface area contributed by atoms with Crippen molar-refractivity contribution < 1.29 is 4.74 Å². The lowest BCUT2D eigenvalue weighted by Crippen LogP contribution is -1.97. The van der Waals surface area contributed by atoms with Crippen LogP contribution < -0.4 is 4.74 Å². The van der Waals surface area contributed by atoms with Gasteiger partial charge in [-0.05, 0) is 54.3 Å². The number of benzene rings is 2. The van der Waals surface area contributed by atoms with Crippen molar-refractivity contribution in [2.45, 2.75) is 26.7 Å². The van der Waals surface area contributed by atoms with Gasteiger partial charge in [-0.1, -0.05) is 32.4 Å². The highest BCUT2D eigenvalue weighted by Crippen LogP contribution is 2.22. The van der Waals surface area contributed by atoms with Gasteiger partial charge in [0.2, 0.25) is 0 Å². The van der Waals surface area contributed by atoms with Crippen molar-refractivity contribution >= 4 is 23.0 Å². The first-order valence-corrected chi connectivity index (χ1v) is 8.54. The van der Waals surface area contributed by atoms with Crippen LogP contribution in [0, 0.1) is 5.92 Å². The molecule has 0 heterocycles. The fraction of sp³-hybridized carbons (Fsp3) is 0.368. The molecule has 0 aliphatic heterocycles. The average Bonchev–Trinajstić information content (AvgIpc) is 2.60. The maximum Gasteiger partial charge on any atom is 0.119 e. The van der Waals surface area contributed by atoms with Gasteiger partial charge in [-0.2, -0.15) is 10.2 Å². The maximum absolute atomic E-state index is 5.59. The molecular weight excluding hydrogens is 308 g/mol. The predicted molar refractivity (Wildman–Crippen MR) is 96.4 cm³/mol. The number of nitrogens with zero attached hydrogens (tertiary/aromatic N) is 2. The summed E-state index contributed by atoms with van der Waals surface area (Å²) in [5.41, 5.74) is 3.01. The second-order valence-electron chi connectivity index (χ2n) is 5.62. The molecule has 0 aromatic heterocycles. The zero-order valence-corrected chi connectivity index (χ0v) is 14.5. The molecule has 0 saturated heterocycles. The van der Waals surface area contributed by atoms with Crippen LogP contribution in [0.15, 0.2) is 58.8 Å². The minimum Gasteiger partial charge on any atom is -0.492 e. The van der Waals surface area contributed by atoms with Crippen LogP contribution in [0.2, 0.25) is 0 Å². The first kappa shape index (κ1) is 17.5. The quantitative estimate of drug-likeness (QED) is 0.412. The smallest absolute Gasteiger partial charge is 0.119 e. The summed E-state index contributed by atoms with van der Waals surface area (Å²) in [7, 11) is 0. The minimum absolute atomic E-state index is 0.481. The number of halogens is 1. The van der Waals surface area contributed by atoms with E-state index < -0.39 is 0 Å². The Bertz CT molecular complexity index is 608. The lowest BCUT2D eigenvalue weighted by molar-refractivity contribution is 0.343. The highest BCUT2D eigenvalue weighted by molar-refractivity contribution is 6.18. The van der Waals surface area contributed by atoms with Crippen molar-refractivity contribution in [1.82, 2.24) is 0 Å². The lowest BCUT2D eigenvalue weighted by Gasteiger charge is -2.07. The Labute approximate surface area is 143 Å². The number of alkyl halides is 1. The highest BCUT2D eigenvalue weighted by atomic mass is 35.5. The van der Waals surface area contributed by atoms with Crippen LogP contribution in [0.25, 0.3) is 0 Å². The summed E-state index contributed by atoms with van der Waals surface area (Å²) in [6.45, 7) is 5.00. The predicted octanol–water partition coefficient (Wildman–Crippen LogP) is 6.31. The SMILES string of the molecule is CCC(C)Cc1ccc(N=Nc2ccc(OCCCl)cc2)cc1. The molecule has 0 saturated carbocycles. The van der Waals surface area contributed by atoms with E-state index in [4.69, 9.17) is 16.3 Å². The van der Waals surface area contributed by atoms with E-state index in [1.807, 2.05) is 36.4 Å². The van der Waals surface area contributed by atoms with Gasteiger partial charge in [0.05, 0.1) is 17.3 Å². The Balaban J connectivity index is 1.94. The fourth-order valence-corrected chi connectivity index (χ4v) is 2.20. The summed E-state index contributed by atoms with van der Waals surface area (Å²) >= 11 is 5.59. The molecule has 4 heteroatoms. The standard InChI is InChI=1S/C19H23ClN2O/c1-3-15(2)14-16-4-6-17(7-5-16)21-22-18-8-10-19(11-9-18)23-13-12-20/h4-11,15H,3,12-14H2,1-2H3. The van der Waals surface area contributed by atoms with Gasteiger partial charge in [0.25, 0.3) is 0 Å². The molecule has 3 nitrogen and oxygen atoms in total. The number of azo groups is 1. The van der Waals surface area contributed by atoms with E-state index in [2.05, 4.69) is 36.2 Å². The maximum atomic E-state index is 5.59. The van der Waals surface area contributed by atoms with Gasteiger partial charge in [0, 0.05) is 0 Å². The van der Waals surface area contributed by atoms with Gasteiger partial charge in [-0.3, -0.25) is 0 Å². The van der Waals surface area contributed by atoms with Gasteiger partial charge in [0.15, 0.2) is 0 Å². The van der Waals surface area contributed by atoms with Crippen LogP contribution in [0.1, 0.15) is 25.8 Å². The van der Waals surface area contributed by atoms with E-state index in [1.165, 1.54) is 12.0 Å². The molecule has 2 rings (SSSR count). The highest BCUT2D eigenvalue weighted by Gasteiger charge is 2.01.